The van der Waals surface area contributed by atoms with Crippen LogP contribution in [0.15, 0.2) is 18.2 Å². The second-order valence-electron chi connectivity index (χ2n) is 4.52. The molecule has 1 aromatic rings. The van der Waals surface area contributed by atoms with Gasteiger partial charge in [-0.1, -0.05) is 11.6 Å². The van der Waals surface area contributed by atoms with Gasteiger partial charge in [0.15, 0.2) is 9.84 Å². The monoisotopic (exact) mass is 304 g/mol. The molecule has 0 aliphatic carbocycles. The summed E-state index contributed by atoms with van der Waals surface area (Å²) in [5, 5.41) is 14.0. The molecule has 104 valence electrons. The summed E-state index contributed by atoms with van der Waals surface area (Å²) in [6.07, 6.45) is 1.30. The van der Waals surface area contributed by atoms with Crippen molar-refractivity contribution in [3.05, 3.63) is 33.3 Å². The SMILES string of the molecule is O=[N+]([O-])c1ccc(Cl)c(NC2CCCS(=O)(=O)C2)c1. The minimum Gasteiger partial charge on any atom is -0.380 e. The van der Waals surface area contributed by atoms with Crippen LogP contribution in [0.2, 0.25) is 5.02 Å². The predicted molar refractivity (Wildman–Crippen MR) is 73.4 cm³/mol. The molecular formula is C11H13ClN2O4S. The second-order valence-corrected chi connectivity index (χ2v) is 7.16. The molecule has 1 unspecified atom stereocenters. The predicted octanol–water partition coefficient (Wildman–Crippen LogP) is 2.24. The Bertz CT molecular complexity index is 603. The Morgan fingerprint density at radius 2 is 2.16 bits per heavy atom. The summed E-state index contributed by atoms with van der Waals surface area (Å²) >= 11 is 5.96. The molecule has 0 radical (unpaired) electrons. The molecule has 1 aromatic carbocycles. The summed E-state index contributed by atoms with van der Waals surface area (Å²) in [4.78, 5) is 10.2. The third kappa shape index (κ3) is 3.57. The van der Waals surface area contributed by atoms with Gasteiger partial charge in [0.05, 0.1) is 27.1 Å². The lowest BCUT2D eigenvalue weighted by molar-refractivity contribution is -0.384. The van der Waals surface area contributed by atoms with Crippen LogP contribution in [0.1, 0.15) is 12.8 Å². The number of nitrogens with zero attached hydrogens (tertiary/aromatic N) is 1. The lowest BCUT2D eigenvalue weighted by Gasteiger charge is -2.24. The van der Waals surface area contributed by atoms with E-state index in [1.54, 1.807) is 0 Å². The highest BCUT2D eigenvalue weighted by Gasteiger charge is 2.25. The highest BCUT2D eigenvalue weighted by atomic mass is 35.5. The van der Waals surface area contributed by atoms with Gasteiger partial charge in [0.25, 0.3) is 5.69 Å². The van der Waals surface area contributed by atoms with Gasteiger partial charge in [-0.25, -0.2) is 8.42 Å². The van der Waals surface area contributed by atoms with Crippen LogP contribution in [0.4, 0.5) is 11.4 Å². The number of rotatable bonds is 3. The fraction of sp³-hybridized carbons (Fsp3) is 0.455. The molecule has 1 fully saturated rings. The highest BCUT2D eigenvalue weighted by Crippen LogP contribution is 2.28. The average Bonchev–Trinajstić information content (AvgIpc) is 2.30. The molecule has 1 saturated heterocycles. The summed E-state index contributed by atoms with van der Waals surface area (Å²) in [6.45, 7) is 0. The third-order valence-corrected chi connectivity index (χ3v) is 5.13. The molecule has 8 heteroatoms. The number of anilines is 1. The van der Waals surface area contributed by atoms with Gasteiger partial charge in [-0.2, -0.15) is 0 Å². The van der Waals surface area contributed by atoms with Gasteiger partial charge in [0.1, 0.15) is 0 Å². The van der Waals surface area contributed by atoms with Gasteiger partial charge >= 0.3 is 0 Å². The quantitative estimate of drug-likeness (QED) is 0.683. The normalized spacial score (nSPS) is 21.8. The van der Waals surface area contributed by atoms with Crippen molar-refractivity contribution in [1.29, 1.82) is 0 Å². The third-order valence-electron chi connectivity index (χ3n) is 2.98. The van der Waals surface area contributed by atoms with Crippen molar-refractivity contribution in [2.24, 2.45) is 0 Å². The van der Waals surface area contributed by atoms with E-state index in [1.165, 1.54) is 18.2 Å². The largest absolute Gasteiger partial charge is 0.380 e. The first kappa shape index (κ1) is 14.1. The van der Waals surface area contributed by atoms with Gasteiger partial charge in [-0.3, -0.25) is 10.1 Å². The van der Waals surface area contributed by atoms with Crippen molar-refractivity contribution in [2.75, 3.05) is 16.8 Å². The lowest BCUT2D eigenvalue weighted by atomic mass is 10.1. The van der Waals surface area contributed by atoms with E-state index in [0.29, 0.717) is 23.6 Å². The number of hydrogen-bond donors (Lipinski definition) is 1. The van der Waals surface area contributed by atoms with Crippen LogP contribution in [0.25, 0.3) is 0 Å². The van der Waals surface area contributed by atoms with E-state index >= 15 is 0 Å². The molecule has 1 aliphatic rings. The molecule has 0 aromatic heterocycles. The van der Waals surface area contributed by atoms with Gasteiger partial charge in [-0.15, -0.1) is 0 Å². The number of sulfone groups is 1. The fourth-order valence-corrected chi connectivity index (χ4v) is 3.90. The van der Waals surface area contributed by atoms with Crippen molar-refractivity contribution in [2.45, 2.75) is 18.9 Å². The van der Waals surface area contributed by atoms with Crippen LogP contribution in [0.5, 0.6) is 0 Å². The maximum absolute atomic E-state index is 11.5. The van der Waals surface area contributed by atoms with E-state index in [-0.39, 0.29) is 23.2 Å². The topological polar surface area (TPSA) is 89.3 Å². The van der Waals surface area contributed by atoms with Gasteiger partial charge < -0.3 is 5.32 Å². The van der Waals surface area contributed by atoms with Crippen molar-refractivity contribution >= 4 is 32.8 Å². The molecule has 19 heavy (non-hydrogen) atoms. The number of benzene rings is 1. The fourth-order valence-electron chi connectivity index (χ4n) is 2.09. The van der Waals surface area contributed by atoms with Crippen molar-refractivity contribution in [3.63, 3.8) is 0 Å². The number of nitro benzene ring substituents is 1. The second kappa shape index (κ2) is 5.34. The Kier molecular flexibility index (Phi) is 3.96. The van der Waals surface area contributed by atoms with Gasteiger partial charge in [0, 0.05) is 18.2 Å². The number of non-ortho nitro benzene ring substituents is 1. The maximum Gasteiger partial charge on any atom is 0.271 e. The van der Waals surface area contributed by atoms with Crippen LogP contribution in [-0.2, 0) is 9.84 Å². The zero-order valence-corrected chi connectivity index (χ0v) is 11.6. The Hall–Kier alpha value is -1.34. The zero-order chi connectivity index (χ0) is 14.0. The van der Waals surface area contributed by atoms with Crippen molar-refractivity contribution in [3.8, 4) is 0 Å². The molecule has 0 spiro atoms. The minimum atomic E-state index is -3.03. The molecule has 1 atom stereocenters. The number of nitrogens with one attached hydrogen (secondary N) is 1. The minimum absolute atomic E-state index is 0.0338. The van der Waals surface area contributed by atoms with Crippen LogP contribution in [0, 0.1) is 10.1 Å². The van der Waals surface area contributed by atoms with Crippen molar-refractivity contribution < 1.29 is 13.3 Å². The molecule has 2 rings (SSSR count). The van der Waals surface area contributed by atoms with E-state index in [0.717, 1.165) is 0 Å². The van der Waals surface area contributed by atoms with Crippen LogP contribution >= 0.6 is 11.6 Å². The van der Waals surface area contributed by atoms with Crippen molar-refractivity contribution in [1.82, 2.24) is 0 Å². The molecule has 0 amide bonds. The molecule has 1 aliphatic heterocycles. The van der Waals surface area contributed by atoms with Gasteiger partial charge in [0.2, 0.25) is 0 Å². The maximum atomic E-state index is 11.5. The number of nitro groups is 1. The average molecular weight is 305 g/mol. The number of hydrogen-bond acceptors (Lipinski definition) is 5. The number of halogens is 1. The molecule has 1 heterocycles. The molecular weight excluding hydrogens is 292 g/mol. The van der Waals surface area contributed by atoms with E-state index in [4.69, 9.17) is 11.6 Å². The lowest BCUT2D eigenvalue weighted by Crippen LogP contribution is -2.34. The molecule has 0 saturated carbocycles. The first-order valence-electron chi connectivity index (χ1n) is 5.78. The van der Waals surface area contributed by atoms with Crippen LogP contribution < -0.4 is 5.32 Å². The Balaban J connectivity index is 2.18. The smallest absolute Gasteiger partial charge is 0.271 e. The molecule has 6 nitrogen and oxygen atoms in total. The standard InChI is InChI=1S/C11H13ClN2O4S/c12-10-4-3-9(14(15)16)6-11(10)13-8-2-1-5-19(17,18)7-8/h3-4,6,8,13H,1-2,5,7H2. The Morgan fingerprint density at radius 3 is 2.79 bits per heavy atom. The summed E-state index contributed by atoms with van der Waals surface area (Å²) in [6, 6.07) is 3.81. The first-order valence-corrected chi connectivity index (χ1v) is 7.98. The summed E-state index contributed by atoms with van der Waals surface area (Å²) in [5.74, 6) is 0.236. The van der Waals surface area contributed by atoms with Crippen LogP contribution in [-0.4, -0.2) is 30.9 Å². The van der Waals surface area contributed by atoms with E-state index in [9.17, 15) is 18.5 Å². The molecule has 0 bridgehead atoms. The van der Waals surface area contributed by atoms with Crippen LogP contribution in [0.3, 0.4) is 0 Å². The summed E-state index contributed by atoms with van der Waals surface area (Å²) < 4.78 is 23.1. The Labute approximate surface area is 115 Å². The Morgan fingerprint density at radius 1 is 1.42 bits per heavy atom. The van der Waals surface area contributed by atoms with E-state index < -0.39 is 14.8 Å². The first-order chi connectivity index (χ1) is 8.87. The van der Waals surface area contributed by atoms with E-state index in [1.807, 2.05) is 0 Å². The summed E-state index contributed by atoms with van der Waals surface area (Å²) in [7, 11) is -3.03. The summed E-state index contributed by atoms with van der Waals surface area (Å²) in [5.41, 5.74) is 0.323. The van der Waals surface area contributed by atoms with E-state index in [2.05, 4.69) is 5.32 Å². The molecule has 1 N–H and O–H groups in total. The van der Waals surface area contributed by atoms with Gasteiger partial charge in [-0.05, 0) is 18.9 Å². The zero-order valence-electron chi connectivity index (χ0n) is 10.0. The highest BCUT2D eigenvalue weighted by molar-refractivity contribution is 7.91.